The van der Waals surface area contributed by atoms with Gasteiger partial charge >= 0.3 is 0 Å². The Hall–Kier alpha value is -0.920. The molecule has 0 spiro atoms. The Morgan fingerprint density at radius 2 is 2.11 bits per heavy atom. The van der Waals surface area contributed by atoms with Crippen molar-refractivity contribution in [3.05, 3.63) is 24.6 Å². The molecule has 0 aromatic rings. The molecule has 2 nitrogen and oxygen atoms in total. The van der Waals surface area contributed by atoms with Crippen molar-refractivity contribution >= 4 is 0 Å². The lowest BCUT2D eigenvalue weighted by atomic mass is 10.5. The van der Waals surface area contributed by atoms with E-state index in [1.807, 2.05) is 19.0 Å². The van der Waals surface area contributed by atoms with Gasteiger partial charge in [-0.25, -0.2) is 0 Å². The zero-order chi connectivity index (χ0) is 7.28. The summed E-state index contributed by atoms with van der Waals surface area (Å²) in [5, 5.41) is 0. The molecule has 0 aliphatic carbocycles. The van der Waals surface area contributed by atoms with Crippen LogP contribution in [0.15, 0.2) is 24.6 Å². The number of nitrogens with zero attached hydrogens (tertiary/aromatic N) is 1. The van der Waals surface area contributed by atoms with Crippen molar-refractivity contribution in [2.75, 3.05) is 21.2 Å². The number of hydrogen-bond donors (Lipinski definition) is 0. The van der Waals surface area contributed by atoms with Crippen LogP contribution in [0.3, 0.4) is 0 Å². The molecule has 0 heterocycles. The summed E-state index contributed by atoms with van der Waals surface area (Å²) in [6, 6.07) is 0. The van der Waals surface area contributed by atoms with Crippen LogP contribution in [0.2, 0.25) is 0 Å². The van der Waals surface area contributed by atoms with E-state index in [-0.39, 0.29) is 0 Å². The summed E-state index contributed by atoms with van der Waals surface area (Å²) >= 11 is 0. The van der Waals surface area contributed by atoms with Gasteiger partial charge in [0.2, 0.25) is 0 Å². The first-order valence-corrected chi connectivity index (χ1v) is 2.76. The lowest BCUT2D eigenvalue weighted by Gasteiger charge is -2.13. The average Bonchev–Trinajstić information content (AvgIpc) is 1.82. The van der Waals surface area contributed by atoms with Gasteiger partial charge in [-0.1, -0.05) is 12.7 Å². The van der Waals surface area contributed by atoms with Gasteiger partial charge in [-0.2, -0.15) is 0 Å². The first-order valence-electron chi connectivity index (χ1n) is 2.76. The molecule has 0 radical (unpaired) electrons. The number of ether oxygens (including phenoxy) is 1. The van der Waals surface area contributed by atoms with Gasteiger partial charge in [0.1, 0.15) is 0 Å². The molecule has 0 amide bonds. The molecule has 0 saturated heterocycles. The summed E-state index contributed by atoms with van der Waals surface area (Å²) in [4.78, 5) is 1.88. The third kappa shape index (κ3) is 2.80. The molecule has 0 rings (SSSR count). The molecule has 0 fully saturated rings. The number of methoxy groups -OCH3 is 1. The van der Waals surface area contributed by atoms with E-state index in [2.05, 4.69) is 6.58 Å². The Morgan fingerprint density at radius 3 is 2.22 bits per heavy atom. The second-order valence-corrected chi connectivity index (χ2v) is 1.84. The van der Waals surface area contributed by atoms with E-state index in [0.717, 1.165) is 5.88 Å². The van der Waals surface area contributed by atoms with Crippen LogP contribution in [0.25, 0.3) is 0 Å². The second-order valence-electron chi connectivity index (χ2n) is 1.84. The SMILES string of the molecule is C=C/C=C(/OC)N(C)C. The van der Waals surface area contributed by atoms with E-state index < -0.39 is 0 Å². The van der Waals surface area contributed by atoms with Crippen molar-refractivity contribution in [1.82, 2.24) is 4.90 Å². The van der Waals surface area contributed by atoms with Crippen LogP contribution in [-0.2, 0) is 4.74 Å². The van der Waals surface area contributed by atoms with Crippen molar-refractivity contribution in [1.29, 1.82) is 0 Å². The Bertz CT molecular complexity index is 116. The van der Waals surface area contributed by atoms with Gasteiger partial charge in [0.15, 0.2) is 5.88 Å². The average molecular weight is 127 g/mol. The molecule has 0 N–H and O–H groups in total. The normalized spacial score (nSPS) is 10.8. The highest BCUT2D eigenvalue weighted by Crippen LogP contribution is 1.97. The third-order valence-corrected chi connectivity index (χ3v) is 0.910. The van der Waals surface area contributed by atoms with E-state index in [0.29, 0.717) is 0 Å². The van der Waals surface area contributed by atoms with Gasteiger partial charge in [-0.15, -0.1) is 0 Å². The Labute approximate surface area is 56.4 Å². The third-order valence-electron chi connectivity index (χ3n) is 0.910. The molecule has 0 aromatic carbocycles. The lowest BCUT2D eigenvalue weighted by molar-refractivity contribution is 0.194. The monoisotopic (exact) mass is 127 g/mol. The first kappa shape index (κ1) is 8.08. The first-order chi connectivity index (χ1) is 4.22. The second kappa shape index (κ2) is 4.01. The summed E-state index contributed by atoms with van der Waals surface area (Å²) in [5.74, 6) is 0.810. The molecular formula is C7H13NO. The highest BCUT2D eigenvalue weighted by atomic mass is 16.5. The van der Waals surface area contributed by atoms with Crippen molar-refractivity contribution in [2.24, 2.45) is 0 Å². The van der Waals surface area contributed by atoms with E-state index >= 15 is 0 Å². The quantitative estimate of drug-likeness (QED) is 0.417. The summed E-state index contributed by atoms with van der Waals surface area (Å²) in [5.41, 5.74) is 0. The minimum Gasteiger partial charge on any atom is -0.482 e. The highest BCUT2D eigenvalue weighted by Gasteiger charge is 1.92. The fourth-order valence-corrected chi connectivity index (χ4v) is 0.501. The molecule has 0 unspecified atom stereocenters. The fourth-order valence-electron chi connectivity index (χ4n) is 0.501. The van der Waals surface area contributed by atoms with E-state index in [1.54, 1.807) is 19.3 Å². The van der Waals surface area contributed by atoms with Crippen LogP contribution in [-0.4, -0.2) is 26.1 Å². The minimum absolute atomic E-state index is 0.810. The smallest absolute Gasteiger partial charge is 0.188 e. The summed E-state index contributed by atoms with van der Waals surface area (Å²) < 4.78 is 4.97. The van der Waals surface area contributed by atoms with Gasteiger partial charge in [-0.3, -0.25) is 0 Å². The van der Waals surface area contributed by atoms with Gasteiger partial charge < -0.3 is 9.64 Å². The summed E-state index contributed by atoms with van der Waals surface area (Å²) in [6.45, 7) is 3.55. The molecule has 0 saturated carbocycles. The highest BCUT2D eigenvalue weighted by molar-refractivity contribution is 5.02. The molecule has 0 atom stereocenters. The molecular weight excluding hydrogens is 114 g/mol. The predicted molar refractivity (Wildman–Crippen MR) is 39.0 cm³/mol. The fraction of sp³-hybridized carbons (Fsp3) is 0.429. The summed E-state index contributed by atoms with van der Waals surface area (Å²) in [6.07, 6.45) is 3.50. The lowest BCUT2D eigenvalue weighted by Crippen LogP contribution is -2.11. The molecule has 0 aliphatic heterocycles. The predicted octanol–water partition coefficient (Wildman–Crippen LogP) is 1.22. The minimum atomic E-state index is 0.810. The van der Waals surface area contributed by atoms with Crippen LogP contribution in [0.4, 0.5) is 0 Å². The van der Waals surface area contributed by atoms with Crippen LogP contribution < -0.4 is 0 Å². The van der Waals surface area contributed by atoms with Gasteiger partial charge in [-0.05, 0) is 6.08 Å². The molecule has 52 valence electrons. The molecule has 2 heteroatoms. The molecule has 9 heavy (non-hydrogen) atoms. The van der Waals surface area contributed by atoms with E-state index in [1.165, 1.54) is 0 Å². The zero-order valence-corrected chi connectivity index (χ0v) is 6.22. The standard InChI is InChI=1S/C7H13NO/c1-5-6-7(9-4)8(2)3/h5-6H,1H2,2-4H3/b7-6+. The van der Waals surface area contributed by atoms with E-state index in [9.17, 15) is 0 Å². The van der Waals surface area contributed by atoms with Crippen LogP contribution in [0, 0.1) is 0 Å². The maximum absolute atomic E-state index is 4.97. The number of allylic oxidation sites excluding steroid dienone is 2. The zero-order valence-electron chi connectivity index (χ0n) is 6.22. The maximum Gasteiger partial charge on any atom is 0.188 e. The van der Waals surface area contributed by atoms with E-state index in [4.69, 9.17) is 4.74 Å². The van der Waals surface area contributed by atoms with Crippen molar-refractivity contribution < 1.29 is 4.74 Å². The van der Waals surface area contributed by atoms with Gasteiger partial charge in [0, 0.05) is 14.1 Å². The number of hydrogen-bond acceptors (Lipinski definition) is 2. The Morgan fingerprint density at radius 1 is 1.56 bits per heavy atom. The Kier molecular flexibility index (Phi) is 3.60. The van der Waals surface area contributed by atoms with Crippen molar-refractivity contribution in [2.45, 2.75) is 0 Å². The van der Waals surface area contributed by atoms with Crippen molar-refractivity contribution in [3.63, 3.8) is 0 Å². The van der Waals surface area contributed by atoms with Crippen LogP contribution >= 0.6 is 0 Å². The van der Waals surface area contributed by atoms with Crippen molar-refractivity contribution in [3.8, 4) is 0 Å². The number of rotatable bonds is 3. The topological polar surface area (TPSA) is 12.5 Å². The molecule has 0 aliphatic rings. The van der Waals surface area contributed by atoms with Crippen LogP contribution in [0.5, 0.6) is 0 Å². The van der Waals surface area contributed by atoms with Gasteiger partial charge in [0.25, 0.3) is 0 Å². The Balaban J connectivity index is 3.96. The largest absolute Gasteiger partial charge is 0.482 e. The summed E-state index contributed by atoms with van der Waals surface area (Å²) in [7, 11) is 5.47. The van der Waals surface area contributed by atoms with Gasteiger partial charge in [0.05, 0.1) is 7.11 Å². The maximum atomic E-state index is 4.97. The molecule has 0 aromatic heterocycles. The molecule has 0 bridgehead atoms. The van der Waals surface area contributed by atoms with Crippen LogP contribution in [0.1, 0.15) is 0 Å².